The van der Waals surface area contributed by atoms with Crippen LogP contribution in [0.3, 0.4) is 0 Å². The van der Waals surface area contributed by atoms with E-state index in [1.807, 2.05) is 0 Å². The lowest BCUT2D eigenvalue weighted by Crippen LogP contribution is -2.11. The number of nitrogens with two attached hydrogens (primary N) is 1. The van der Waals surface area contributed by atoms with Gasteiger partial charge in [-0.05, 0) is 6.92 Å². The Hall–Kier alpha value is -1.70. The first-order valence-corrected chi connectivity index (χ1v) is 6.34. The molecule has 0 aromatic carbocycles. The van der Waals surface area contributed by atoms with Gasteiger partial charge in [-0.25, -0.2) is 9.89 Å². The van der Waals surface area contributed by atoms with E-state index >= 15 is 0 Å². The molecule has 0 amide bonds. The highest BCUT2D eigenvalue weighted by atomic mass is 32.2. The van der Waals surface area contributed by atoms with Gasteiger partial charge in [0.2, 0.25) is 11.1 Å². The fraction of sp³-hybridized carbons (Fsp3) is 0.500. The normalized spacial score (nSPS) is 18.9. The third kappa shape index (κ3) is 2.76. The molecule has 0 saturated carbocycles. The van der Waals surface area contributed by atoms with Crippen LogP contribution in [0.2, 0.25) is 0 Å². The number of methoxy groups -OCH3 is 1. The lowest BCUT2D eigenvalue weighted by molar-refractivity contribution is -0.136. The Morgan fingerprint density at radius 2 is 2.50 bits per heavy atom. The highest BCUT2D eigenvalue weighted by Crippen LogP contribution is 2.29. The molecule has 1 aliphatic heterocycles. The summed E-state index contributed by atoms with van der Waals surface area (Å²) in [6, 6.07) is 0. The summed E-state index contributed by atoms with van der Waals surface area (Å²) >= 11 is 1.42. The Kier molecular flexibility index (Phi) is 3.75. The molecule has 0 fully saturated rings. The van der Waals surface area contributed by atoms with Gasteiger partial charge in [0, 0.05) is 12.2 Å². The number of nitrogen functional groups attached to an aromatic ring is 1. The van der Waals surface area contributed by atoms with Crippen LogP contribution >= 0.6 is 11.8 Å². The van der Waals surface area contributed by atoms with Crippen LogP contribution < -0.4 is 5.73 Å². The molecule has 1 unspecified atom stereocenters. The maximum absolute atomic E-state index is 11.4. The van der Waals surface area contributed by atoms with Crippen molar-refractivity contribution in [1.82, 2.24) is 15.2 Å². The van der Waals surface area contributed by atoms with Crippen molar-refractivity contribution in [2.24, 2.45) is 0 Å². The van der Waals surface area contributed by atoms with Crippen molar-refractivity contribution in [3.63, 3.8) is 0 Å². The summed E-state index contributed by atoms with van der Waals surface area (Å²) in [5.74, 6) is 1.23. The number of ether oxygens (including phenoxy) is 2. The number of aromatic nitrogens is 3. The first kappa shape index (κ1) is 12.7. The Balaban J connectivity index is 1.86. The molecule has 0 aliphatic carbocycles. The maximum atomic E-state index is 11.4. The minimum Gasteiger partial charge on any atom is -0.493 e. The third-order valence-corrected chi connectivity index (χ3v) is 3.49. The van der Waals surface area contributed by atoms with E-state index in [4.69, 9.17) is 10.5 Å². The van der Waals surface area contributed by atoms with Gasteiger partial charge in [-0.1, -0.05) is 11.8 Å². The SMILES string of the molecule is COC(=O)C1=C(C)OC(CSc2n[nH]c(N)n2)C1. The van der Waals surface area contributed by atoms with Crippen LogP contribution in [0.4, 0.5) is 5.95 Å². The molecule has 1 aliphatic rings. The Bertz CT molecular complexity index is 485. The minimum absolute atomic E-state index is 0.0659. The predicted octanol–water partition coefficient (Wildman–Crippen LogP) is 0.715. The first-order chi connectivity index (χ1) is 8.60. The maximum Gasteiger partial charge on any atom is 0.337 e. The number of thioether (sulfide) groups is 1. The Labute approximate surface area is 108 Å². The van der Waals surface area contributed by atoms with Crippen LogP contribution in [0.5, 0.6) is 0 Å². The van der Waals surface area contributed by atoms with Crippen LogP contribution in [0, 0.1) is 0 Å². The van der Waals surface area contributed by atoms with E-state index in [1.165, 1.54) is 18.9 Å². The van der Waals surface area contributed by atoms with Crippen molar-refractivity contribution < 1.29 is 14.3 Å². The van der Waals surface area contributed by atoms with Gasteiger partial charge in [-0.15, -0.1) is 5.10 Å². The molecule has 1 atom stereocenters. The van der Waals surface area contributed by atoms with Gasteiger partial charge < -0.3 is 15.2 Å². The average Bonchev–Trinajstić information content (AvgIpc) is 2.92. The average molecular weight is 270 g/mol. The number of nitrogens with one attached hydrogen (secondary N) is 1. The fourth-order valence-corrected chi connectivity index (χ4v) is 2.46. The predicted molar refractivity (Wildman–Crippen MR) is 65.7 cm³/mol. The molecule has 0 radical (unpaired) electrons. The van der Waals surface area contributed by atoms with E-state index < -0.39 is 0 Å². The molecule has 98 valence electrons. The molecule has 18 heavy (non-hydrogen) atoms. The number of carbonyl (C=O) groups is 1. The number of anilines is 1. The van der Waals surface area contributed by atoms with Crippen LogP contribution in [0.1, 0.15) is 13.3 Å². The molecule has 0 spiro atoms. The van der Waals surface area contributed by atoms with Crippen molar-refractivity contribution in [3.8, 4) is 0 Å². The van der Waals surface area contributed by atoms with Crippen LogP contribution in [0.25, 0.3) is 0 Å². The van der Waals surface area contributed by atoms with Gasteiger partial charge in [0.15, 0.2) is 0 Å². The van der Waals surface area contributed by atoms with E-state index in [9.17, 15) is 4.79 Å². The zero-order chi connectivity index (χ0) is 13.1. The number of hydrogen-bond acceptors (Lipinski definition) is 7. The number of hydrogen-bond donors (Lipinski definition) is 2. The second kappa shape index (κ2) is 5.30. The van der Waals surface area contributed by atoms with Gasteiger partial charge in [0.1, 0.15) is 11.9 Å². The Morgan fingerprint density at radius 1 is 1.72 bits per heavy atom. The molecule has 1 aromatic heterocycles. The van der Waals surface area contributed by atoms with Crippen LogP contribution in [0.15, 0.2) is 16.5 Å². The monoisotopic (exact) mass is 270 g/mol. The molecule has 1 aromatic rings. The number of rotatable bonds is 4. The van der Waals surface area contributed by atoms with E-state index in [0.29, 0.717) is 28.7 Å². The summed E-state index contributed by atoms with van der Waals surface area (Å²) in [4.78, 5) is 15.4. The molecule has 3 N–H and O–H groups in total. The molecule has 2 heterocycles. The van der Waals surface area contributed by atoms with Crippen molar-refractivity contribution in [1.29, 1.82) is 0 Å². The second-order valence-corrected chi connectivity index (χ2v) is 4.77. The lowest BCUT2D eigenvalue weighted by Gasteiger charge is -2.09. The zero-order valence-corrected chi connectivity index (χ0v) is 10.9. The van der Waals surface area contributed by atoms with E-state index in [2.05, 4.69) is 19.9 Å². The summed E-state index contributed by atoms with van der Waals surface area (Å²) in [5, 5.41) is 7.04. The van der Waals surface area contributed by atoms with Gasteiger partial charge >= 0.3 is 5.97 Å². The highest BCUT2D eigenvalue weighted by molar-refractivity contribution is 7.99. The first-order valence-electron chi connectivity index (χ1n) is 5.35. The summed E-state index contributed by atoms with van der Waals surface area (Å²) in [6.45, 7) is 1.77. The Morgan fingerprint density at radius 3 is 3.11 bits per heavy atom. The molecule has 2 rings (SSSR count). The quantitative estimate of drug-likeness (QED) is 0.613. The summed E-state index contributed by atoms with van der Waals surface area (Å²) in [6.07, 6.45) is 0.481. The summed E-state index contributed by atoms with van der Waals surface area (Å²) < 4.78 is 10.3. The molecular weight excluding hydrogens is 256 g/mol. The minimum atomic E-state index is -0.331. The van der Waals surface area contributed by atoms with Crippen molar-refractivity contribution in [2.45, 2.75) is 24.6 Å². The lowest BCUT2D eigenvalue weighted by atomic mass is 10.1. The fourth-order valence-electron chi connectivity index (χ4n) is 1.67. The number of carbonyl (C=O) groups excluding carboxylic acids is 1. The number of esters is 1. The highest BCUT2D eigenvalue weighted by Gasteiger charge is 2.28. The largest absolute Gasteiger partial charge is 0.493 e. The topological polar surface area (TPSA) is 103 Å². The van der Waals surface area contributed by atoms with Crippen LogP contribution in [-0.4, -0.2) is 40.1 Å². The number of aromatic amines is 1. The van der Waals surface area contributed by atoms with Gasteiger partial charge in [-0.3, -0.25) is 0 Å². The van der Waals surface area contributed by atoms with Crippen molar-refractivity contribution in [3.05, 3.63) is 11.3 Å². The van der Waals surface area contributed by atoms with Crippen molar-refractivity contribution >= 4 is 23.7 Å². The molecule has 7 nitrogen and oxygen atoms in total. The summed E-state index contributed by atoms with van der Waals surface area (Å²) in [5.41, 5.74) is 6.02. The van der Waals surface area contributed by atoms with E-state index in [1.54, 1.807) is 6.92 Å². The van der Waals surface area contributed by atoms with E-state index in [0.717, 1.165) is 0 Å². The van der Waals surface area contributed by atoms with Crippen molar-refractivity contribution in [2.75, 3.05) is 18.6 Å². The standard InChI is InChI=1S/C10H14N4O3S/c1-5-7(8(15)16-2)3-6(17-5)4-18-10-12-9(11)13-14-10/h6H,3-4H2,1-2H3,(H3,11,12,13,14). The van der Waals surface area contributed by atoms with Gasteiger partial charge in [0.25, 0.3) is 0 Å². The molecule has 0 bridgehead atoms. The van der Waals surface area contributed by atoms with Gasteiger partial charge in [0.05, 0.1) is 12.7 Å². The summed E-state index contributed by atoms with van der Waals surface area (Å²) in [7, 11) is 1.36. The van der Waals surface area contributed by atoms with Crippen LogP contribution in [-0.2, 0) is 14.3 Å². The molecule has 8 heteroatoms. The number of nitrogens with zero attached hydrogens (tertiary/aromatic N) is 2. The molecule has 0 saturated heterocycles. The third-order valence-electron chi connectivity index (χ3n) is 2.51. The zero-order valence-electron chi connectivity index (χ0n) is 10.1. The number of allylic oxidation sites excluding steroid dienone is 1. The number of H-pyrrole nitrogens is 1. The molecular formula is C10H14N4O3S. The smallest absolute Gasteiger partial charge is 0.337 e. The van der Waals surface area contributed by atoms with Gasteiger partial charge in [-0.2, -0.15) is 4.98 Å². The second-order valence-electron chi connectivity index (χ2n) is 3.78. The van der Waals surface area contributed by atoms with E-state index in [-0.39, 0.29) is 18.0 Å².